The van der Waals surface area contributed by atoms with Crippen LogP contribution in [0, 0.1) is 0 Å². The zero-order chi connectivity index (χ0) is 14.8. The lowest BCUT2D eigenvalue weighted by Gasteiger charge is -2.26. The number of benzene rings is 1. The van der Waals surface area contributed by atoms with Gasteiger partial charge in [-0.1, -0.05) is 24.3 Å². The van der Waals surface area contributed by atoms with Crippen molar-refractivity contribution in [2.45, 2.75) is 38.3 Å². The van der Waals surface area contributed by atoms with E-state index in [1.165, 1.54) is 16.0 Å². The highest BCUT2D eigenvalue weighted by molar-refractivity contribution is 5.97. The molecule has 1 saturated heterocycles. The van der Waals surface area contributed by atoms with Gasteiger partial charge in [0.2, 0.25) is 0 Å². The molecule has 5 nitrogen and oxygen atoms in total. The molecule has 0 radical (unpaired) electrons. The van der Waals surface area contributed by atoms with Gasteiger partial charge in [-0.25, -0.2) is 4.79 Å². The van der Waals surface area contributed by atoms with E-state index in [0.29, 0.717) is 19.1 Å². The van der Waals surface area contributed by atoms with E-state index in [1.54, 1.807) is 0 Å². The Balaban J connectivity index is 1.69. The van der Waals surface area contributed by atoms with Gasteiger partial charge >= 0.3 is 6.03 Å². The minimum Gasteiger partial charge on any atom is -0.336 e. The number of hydrogen-bond donors (Lipinski definition) is 2. The first-order chi connectivity index (χ1) is 10.2. The Labute approximate surface area is 124 Å². The molecular formula is C16H22N3O2+. The Morgan fingerprint density at radius 3 is 3.00 bits per heavy atom. The molecule has 0 saturated carbocycles. The van der Waals surface area contributed by atoms with E-state index in [9.17, 15) is 9.59 Å². The van der Waals surface area contributed by atoms with Crippen LogP contribution < -0.4 is 10.6 Å². The van der Waals surface area contributed by atoms with Crippen LogP contribution in [0.1, 0.15) is 36.9 Å². The molecule has 3 rings (SSSR count). The van der Waals surface area contributed by atoms with Crippen LogP contribution >= 0.6 is 0 Å². The second-order valence-electron chi connectivity index (χ2n) is 5.90. The first-order valence-corrected chi connectivity index (χ1v) is 7.69. The smallest absolute Gasteiger partial charge is 0.324 e. The number of nitrogens with two attached hydrogens (primary N) is 1. The fraction of sp³-hybridized carbons (Fsp3) is 0.500. The molecule has 1 aliphatic carbocycles. The van der Waals surface area contributed by atoms with E-state index in [0.717, 1.165) is 19.3 Å². The van der Waals surface area contributed by atoms with Gasteiger partial charge in [0.15, 0.2) is 6.04 Å². The van der Waals surface area contributed by atoms with Crippen LogP contribution in [0.5, 0.6) is 0 Å². The molecule has 1 fully saturated rings. The van der Waals surface area contributed by atoms with Crippen LogP contribution in [0.4, 0.5) is 4.79 Å². The molecule has 1 aromatic carbocycles. The normalized spacial score (nSPS) is 22.6. The summed E-state index contributed by atoms with van der Waals surface area (Å²) in [6.45, 7) is 2.94. The van der Waals surface area contributed by atoms with Crippen molar-refractivity contribution in [1.82, 2.24) is 10.2 Å². The average molecular weight is 288 g/mol. The molecule has 2 aliphatic rings. The van der Waals surface area contributed by atoms with Gasteiger partial charge in [0.05, 0.1) is 0 Å². The van der Waals surface area contributed by atoms with Gasteiger partial charge in [-0.05, 0) is 25.3 Å². The molecule has 2 atom stereocenters. The number of urea groups is 1. The van der Waals surface area contributed by atoms with Crippen molar-refractivity contribution < 1.29 is 14.9 Å². The number of carbonyl (C=O) groups is 2. The lowest BCUT2D eigenvalue weighted by Crippen LogP contribution is -2.93. The summed E-state index contributed by atoms with van der Waals surface area (Å²) in [4.78, 5) is 25.3. The standard InChI is InChI=1S/C16H21N3O2/c1-11(15(20)19-10-9-17-16(19)21)18-14-8-4-6-12-5-2-3-7-13(12)14/h2-3,5,7,11,14,18H,4,6,8-10H2,1H3,(H,17,21)/p+1/t11-,14+/m0/s1. The van der Waals surface area contributed by atoms with Crippen LogP contribution in [0.25, 0.3) is 0 Å². The number of rotatable bonds is 3. The van der Waals surface area contributed by atoms with Crippen molar-refractivity contribution in [3.8, 4) is 0 Å². The summed E-state index contributed by atoms with van der Waals surface area (Å²) in [5.41, 5.74) is 2.73. The van der Waals surface area contributed by atoms with Crippen molar-refractivity contribution in [3.05, 3.63) is 35.4 Å². The van der Waals surface area contributed by atoms with E-state index in [1.807, 2.05) is 6.92 Å². The van der Waals surface area contributed by atoms with Crippen LogP contribution in [0.3, 0.4) is 0 Å². The average Bonchev–Trinajstić information content (AvgIpc) is 2.93. The molecule has 5 heteroatoms. The molecule has 0 bridgehead atoms. The van der Waals surface area contributed by atoms with Crippen LogP contribution in [0.15, 0.2) is 24.3 Å². The Morgan fingerprint density at radius 2 is 2.24 bits per heavy atom. The maximum Gasteiger partial charge on any atom is 0.324 e. The maximum atomic E-state index is 12.4. The molecule has 1 heterocycles. The number of hydrogen-bond acceptors (Lipinski definition) is 2. The summed E-state index contributed by atoms with van der Waals surface area (Å²) < 4.78 is 0. The van der Waals surface area contributed by atoms with Crippen molar-refractivity contribution >= 4 is 11.9 Å². The number of nitrogens with one attached hydrogen (secondary N) is 1. The number of fused-ring (bicyclic) bond motifs is 1. The maximum absolute atomic E-state index is 12.4. The minimum absolute atomic E-state index is 0.0898. The summed E-state index contributed by atoms with van der Waals surface area (Å²) in [7, 11) is 0. The highest BCUT2D eigenvalue weighted by Crippen LogP contribution is 2.26. The Hall–Kier alpha value is -1.88. The number of quaternary nitrogens is 1. The van der Waals surface area contributed by atoms with Crippen molar-refractivity contribution in [2.75, 3.05) is 13.1 Å². The number of amides is 3. The zero-order valence-corrected chi connectivity index (χ0v) is 12.3. The van der Waals surface area contributed by atoms with Crippen LogP contribution in [-0.4, -0.2) is 36.0 Å². The lowest BCUT2D eigenvalue weighted by atomic mass is 9.87. The Kier molecular flexibility index (Phi) is 3.92. The largest absolute Gasteiger partial charge is 0.336 e. The van der Waals surface area contributed by atoms with E-state index in [4.69, 9.17) is 0 Å². The second kappa shape index (κ2) is 5.85. The number of nitrogens with zero attached hydrogens (tertiary/aromatic N) is 1. The van der Waals surface area contributed by atoms with Crippen LogP contribution in [-0.2, 0) is 11.2 Å². The van der Waals surface area contributed by atoms with Crippen molar-refractivity contribution in [2.24, 2.45) is 0 Å². The van der Waals surface area contributed by atoms with E-state index in [-0.39, 0.29) is 18.0 Å². The predicted octanol–water partition coefficient (Wildman–Crippen LogP) is 0.568. The molecule has 0 aromatic heterocycles. The predicted molar refractivity (Wildman–Crippen MR) is 78.6 cm³/mol. The Morgan fingerprint density at radius 1 is 1.43 bits per heavy atom. The first-order valence-electron chi connectivity index (χ1n) is 7.69. The molecular weight excluding hydrogens is 266 g/mol. The van der Waals surface area contributed by atoms with Crippen molar-refractivity contribution in [3.63, 3.8) is 0 Å². The molecule has 3 amide bonds. The van der Waals surface area contributed by atoms with E-state index < -0.39 is 0 Å². The quantitative estimate of drug-likeness (QED) is 0.854. The highest BCUT2D eigenvalue weighted by Gasteiger charge is 2.34. The first kappa shape index (κ1) is 14.1. The molecule has 0 unspecified atom stereocenters. The van der Waals surface area contributed by atoms with Gasteiger partial charge in [-0.15, -0.1) is 0 Å². The van der Waals surface area contributed by atoms with Crippen LogP contribution in [0.2, 0.25) is 0 Å². The zero-order valence-electron chi connectivity index (χ0n) is 12.3. The Bertz CT molecular complexity index is 558. The molecule has 0 spiro atoms. The fourth-order valence-corrected chi connectivity index (χ4v) is 3.35. The lowest BCUT2D eigenvalue weighted by molar-refractivity contribution is -0.715. The summed E-state index contributed by atoms with van der Waals surface area (Å²) in [6, 6.07) is 8.30. The molecule has 3 N–H and O–H groups in total. The molecule has 1 aromatic rings. The number of aryl methyl sites for hydroxylation is 1. The third-order valence-corrected chi connectivity index (χ3v) is 4.45. The van der Waals surface area contributed by atoms with E-state index in [2.05, 4.69) is 34.9 Å². The number of imide groups is 1. The van der Waals surface area contributed by atoms with Gasteiger partial charge in [-0.2, -0.15) is 0 Å². The monoisotopic (exact) mass is 288 g/mol. The minimum atomic E-state index is -0.260. The fourth-order valence-electron chi connectivity index (χ4n) is 3.35. The molecule has 21 heavy (non-hydrogen) atoms. The summed E-state index contributed by atoms with van der Waals surface area (Å²) in [6.07, 6.45) is 3.36. The third-order valence-electron chi connectivity index (χ3n) is 4.45. The van der Waals surface area contributed by atoms with Gasteiger partial charge in [0.25, 0.3) is 5.91 Å². The van der Waals surface area contributed by atoms with Gasteiger partial charge in [-0.3, -0.25) is 9.69 Å². The summed E-state index contributed by atoms with van der Waals surface area (Å²) in [5.74, 6) is -0.0898. The van der Waals surface area contributed by atoms with Gasteiger partial charge < -0.3 is 10.6 Å². The number of carbonyl (C=O) groups excluding carboxylic acids is 2. The third kappa shape index (κ3) is 2.78. The topological polar surface area (TPSA) is 66.0 Å². The SMILES string of the molecule is C[C@H]([NH2+][C@@H]1CCCc2ccccc21)C(=O)N1CCNC1=O. The van der Waals surface area contributed by atoms with Crippen molar-refractivity contribution in [1.29, 1.82) is 0 Å². The second-order valence-corrected chi connectivity index (χ2v) is 5.90. The van der Waals surface area contributed by atoms with Gasteiger partial charge in [0.1, 0.15) is 6.04 Å². The highest BCUT2D eigenvalue weighted by atomic mass is 16.2. The van der Waals surface area contributed by atoms with Gasteiger partial charge in [0, 0.05) is 25.1 Å². The summed E-state index contributed by atoms with van der Waals surface area (Å²) >= 11 is 0. The molecule has 1 aliphatic heterocycles. The molecule has 112 valence electrons. The van der Waals surface area contributed by atoms with E-state index >= 15 is 0 Å². The summed E-state index contributed by atoms with van der Waals surface area (Å²) in [5, 5.41) is 4.79.